The molecule has 19 heavy (non-hydrogen) atoms. The molecule has 1 aliphatic rings. The smallest absolute Gasteiger partial charge is 0.222 e. The number of rotatable bonds is 4. The fraction of sp³-hybridized carbons (Fsp3) is 0.533. The SMILES string of the molecule is CCC(=O)N1CCN(CCc2ccccc2F)CC1. The maximum atomic E-state index is 13.5. The Labute approximate surface area is 114 Å². The van der Waals surface area contributed by atoms with Gasteiger partial charge in [0.05, 0.1) is 0 Å². The number of amides is 1. The van der Waals surface area contributed by atoms with Crippen molar-refractivity contribution in [2.24, 2.45) is 0 Å². The Bertz CT molecular complexity index is 428. The molecule has 1 aromatic rings. The van der Waals surface area contributed by atoms with Gasteiger partial charge in [0.25, 0.3) is 0 Å². The molecule has 0 spiro atoms. The van der Waals surface area contributed by atoms with Crippen LogP contribution in [0, 0.1) is 5.82 Å². The van der Waals surface area contributed by atoms with Gasteiger partial charge in [0.15, 0.2) is 0 Å². The summed E-state index contributed by atoms with van der Waals surface area (Å²) in [6.45, 7) is 6.12. The van der Waals surface area contributed by atoms with Crippen molar-refractivity contribution >= 4 is 5.91 Å². The number of hydrogen-bond acceptors (Lipinski definition) is 2. The molecule has 0 saturated carbocycles. The van der Waals surface area contributed by atoms with Crippen LogP contribution in [0.4, 0.5) is 4.39 Å². The molecule has 3 nitrogen and oxygen atoms in total. The maximum absolute atomic E-state index is 13.5. The molecular weight excluding hydrogens is 243 g/mol. The Morgan fingerprint density at radius 1 is 1.21 bits per heavy atom. The van der Waals surface area contributed by atoms with Crippen LogP contribution in [-0.4, -0.2) is 48.4 Å². The van der Waals surface area contributed by atoms with Crippen LogP contribution in [0.1, 0.15) is 18.9 Å². The lowest BCUT2D eigenvalue weighted by atomic mass is 10.1. The Morgan fingerprint density at radius 3 is 2.53 bits per heavy atom. The molecule has 1 heterocycles. The van der Waals surface area contributed by atoms with E-state index in [-0.39, 0.29) is 11.7 Å². The molecule has 1 fully saturated rings. The highest BCUT2D eigenvalue weighted by molar-refractivity contribution is 5.75. The molecule has 4 heteroatoms. The molecule has 104 valence electrons. The highest BCUT2D eigenvalue weighted by Gasteiger charge is 2.19. The van der Waals surface area contributed by atoms with E-state index in [0.717, 1.165) is 44.7 Å². The molecule has 0 radical (unpaired) electrons. The summed E-state index contributed by atoms with van der Waals surface area (Å²) in [7, 11) is 0. The van der Waals surface area contributed by atoms with Gasteiger partial charge in [-0.3, -0.25) is 9.69 Å². The Hall–Kier alpha value is -1.42. The number of hydrogen-bond donors (Lipinski definition) is 0. The number of carbonyl (C=O) groups excluding carboxylic acids is 1. The average molecular weight is 264 g/mol. The van der Waals surface area contributed by atoms with E-state index in [9.17, 15) is 9.18 Å². The fourth-order valence-electron chi connectivity index (χ4n) is 2.42. The van der Waals surface area contributed by atoms with E-state index >= 15 is 0 Å². The lowest BCUT2D eigenvalue weighted by Crippen LogP contribution is -2.48. The van der Waals surface area contributed by atoms with Gasteiger partial charge < -0.3 is 4.90 Å². The number of piperazine rings is 1. The first kappa shape index (κ1) is 14.0. The first-order chi connectivity index (χ1) is 9.20. The van der Waals surface area contributed by atoms with Crippen LogP contribution in [0.15, 0.2) is 24.3 Å². The minimum Gasteiger partial charge on any atom is -0.340 e. The third-order valence-electron chi connectivity index (χ3n) is 3.68. The standard InChI is InChI=1S/C15H21FN2O/c1-2-15(19)18-11-9-17(10-12-18)8-7-13-5-3-4-6-14(13)16/h3-6H,2,7-12H2,1H3. The molecule has 0 unspecified atom stereocenters. The monoisotopic (exact) mass is 264 g/mol. The van der Waals surface area contributed by atoms with Gasteiger partial charge in [-0.15, -0.1) is 0 Å². The number of benzene rings is 1. The van der Waals surface area contributed by atoms with Crippen LogP contribution < -0.4 is 0 Å². The van der Waals surface area contributed by atoms with Crippen molar-refractivity contribution in [1.82, 2.24) is 9.80 Å². The minimum atomic E-state index is -0.123. The summed E-state index contributed by atoms with van der Waals surface area (Å²) in [5, 5.41) is 0. The molecule has 1 amide bonds. The van der Waals surface area contributed by atoms with E-state index < -0.39 is 0 Å². The number of nitrogens with zero attached hydrogens (tertiary/aromatic N) is 2. The van der Waals surface area contributed by atoms with Crippen molar-refractivity contribution in [3.05, 3.63) is 35.6 Å². The quantitative estimate of drug-likeness (QED) is 0.829. The molecule has 0 atom stereocenters. The molecule has 2 rings (SSSR count). The maximum Gasteiger partial charge on any atom is 0.222 e. The van der Waals surface area contributed by atoms with Crippen molar-refractivity contribution in [2.75, 3.05) is 32.7 Å². The summed E-state index contributed by atoms with van der Waals surface area (Å²) >= 11 is 0. The molecule has 0 N–H and O–H groups in total. The zero-order valence-electron chi connectivity index (χ0n) is 11.4. The zero-order chi connectivity index (χ0) is 13.7. The summed E-state index contributed by atoms with van der Waals surface area (Å²) in [6, 6.07) is 6.93. The van der Waals surface area contributed by atoms with Crippen molar-refractivity contribution in [3.63, 3.8) is 0 Å². The molecule has 0 bridgehead atoms. The van der Waals surface area contributed by atoms with E-state index in [1.165, 1.54) is 6.07 Å². The first-order valence-electron chi connectivity index (χ1n) is 6.94. The van der Waals surface area contributed by atoms with Crippen LogP contribution in [0.5, 0.6) is 0 Å². The Morgan fingerprint density at radius 2 is 1.89 bits per heavy atom. The predicted octanol–water partition coefficient (Wildman–Crippen LogP) is 1.92. The van der Waals surface area contributed by atoms with Crippen molar-refractivity contribution in [1.29, 1.82) is 0 Å². The molecular formula is C15H21FN2O. The first-order valence-corrected chi connectivity index (χ1v) is 6.94. The summed E-state index contributed by atoms with van der Waals surface area (Å²) in [5.74, 6) is 0.107. The molecule has 1 aromatic carbocycles. The van der Waals surface area contributed by atoms with E-state index in [2.05, 4.69) is 4.90 Å². The van der Waals surface area contributed by atoms with Crippen LogP contribution in [0.3, 0.4) is 0 Å². The topological polar surface area (TPSA) is 23.6 Å². The summed E-state index contributed by atoms with van der Waals surface area (Å²) in [5.41, 5.74) is 0.773. The fourth-order valence-corrected chi connectivity index (χ4v) is 2.42. The van der Waals surface area contributed by atoms with E-state index in [1.54, 1.807) is 6.07 Å². The average Bonchev–Trinajstić information content (AvgIpc) is 2.46. The largest absolute Gasteiger partial charge is 0.340 e. The normalized spacial score (nSPS) is 16.6. The lowest BCUT2D eigenvalue weighted by Gasteiger charge is -2.34. The third kappa shape index (κ3) is 3.77. The highest BCUT2D eigenvalue weighted by atomic mass is 19.1. The second kappa shape index (κ2) is 6.66. The molecule has 1 saturated heterocycles. The van der Waals surface area contributed by atoms with E-state index in [0.29, 0.717) is 6.42 Å². The Balaban J connectivity index is 1.77. The van der Waals surface area contributed by atoms with Gasteiger partial charge in [-0.05, 0) is 18.1 Å². The second-order valence-electron chi connectivity index (χ2n) is 4.92. The van der Waals surface area contributed by atoms with E-state index in [4.69, 9.17) is 0 Å². The van der Waals surface area contributed by atoms with Gasteiger partial charge in [-0.2, -0.15) is 0 Å². The van der Waals surface area contributed by atoms with E-state index in [1.807, 2.05) is 24.0 Å². The van der Waals surface area contributed by atoms with Crippen LogP contribution in [-0.2, 0) is 11.2 Å². The van der Waals surface area contributed by atoms with Gasteiger partial charge in [0.1, 0.15) is 5.82 Å². The third-order valence-corrected chi connectivity index (χ3v) is 3.68. The second-order valence-corrected chi connectivity index (χ2v) is 4.92. The van der Waals surface area contributed by atoms with Gasteiger partial charge in [0, 0.05) is 39.1 Å². The molecule has 0 aromatic heterocycles. The van der Waals surface area contributed by atoms with Gasteiger partial charge in [-0.25, -0.2) is 4.39 Å². The van der Waals surface area contributed by atoms with Gasteiger partial charge in [0.2, 0.25) is 5.91 Å². The van der Waals surface area contributed by atoms with Crippen molar-refractivity contribution in [3.8, 4) is 0 Å². The molecule has 1 aliphatic heterocycles. The number of halogens is 1. The summed E-state index contributed by atoms with van der Waals surface area (Å²) in [4.78, 5) is 15.8. The summed E-state index contributed by atoms with van der Waals surface area (Å²) in [6.07, 6.45) is 1.31. The zero-order valence-corrected chi connectivity index (χ0v) is 11.4. The Kier molecular flexibility index (Phi) is 4.91. The molecule has 0 aliphatic carbocycles. The highest BCUT2D eigenvalue weighted by Crippen LogP contribution is 2.09. The van der Waals surface area contributed by atoms with Crippen LogP contribution in [0.25, 0.3) is 0 Å². The lowest BCUT2D eigenvalue weighted by molar-refractivity contribution is -0.132. The van der Waals surface area contributed by atoms with Gasteiger partial charge in [-0.1, -0.05) is 25.1 Å². The van der Waals surface area contributed by atoms with Crippen LogP contribution in [0.2, 0.25) is 0 Å². The predicted molar refractivity (Wildman–Crippen MR) is 73.4 cm³/mol. The van der Waals surface area contributed by atoms with Crippen molar-refractivity contribution in [2.45, 2.75) is 19.8 Å². The van der Waals surface area contributed by atoms with Gasteiger partial charge >= 0.3 is 0 Å². The number of carbonyl (C=O) groups is 1. The van der Waals surface area contributed by atoms with Crippen LogP contribution >= 0.6 is 0 Å². The minimum absolute atomic E-state index is 0.123. The summed E-state index contributed by atoms with van der Waals surface area (Å²) < 4.78 is 13.5. The van der Waals surface area contributed by atoms with Crippen molar-refractivity contribution < 1.29 is 9.18 Å².